The van der Waals surface area contributed by atoms with Crippen molar-refractivity contribution in [2.24, 2.45) is 0 Å². The third kappa shape index (κ3) is 2.94. The maximum absolute atomic E-state index is 11.2. The Hall–Kier alpha value is -1.60. The molecule has 0 aromatic heterocycles. The van der Waals surface area contributed by atoms with Gasteiger partial charge in [-0.05, 0) is 17.2 Å². The molecule has 0 heterocycles. The van der Waals surface area contributed by atoms with Gasteiger partial charge in [0.25, 0.3) is 0 Å². The molecule has 4 heteroatoms. The van der Waals surface area contributed by atoms with E-state index in [1.807, 2.05) is 30.3 Å². The van der Waals surface area contributed by atoms with Crippen LogP contribution in [0.4, 0.5) is 0 Å². The number of methoxy groups -OCH3 is 1. The van der Waals surface area contributed by atoms with Crippen LogP contribution in [0, 0.1) is 11.3 Å². The van der Waals surface area contributed by atoms with Gasteiger partial charge in [0, 0.05) is 5.33 Å². The van der Waals surface area contributed by atoms with Crippen LogP contribution in [-0.2, 0) is 14.9 Å². The van der Waals surface area contributed by atoms with E-state index in [-0.39, 0.29) is 5.57 Å². The number of esters is 1. The van der Waals surface area contributed by atoms with E-state index in [0.717, 1.165) is 11.1 Å². The third-order valence-electron chi connectivity index (χ3n) is 2.02. The zero-order valence-corrected chi connectivity index (χ0v) is 10.3. The maximum Gasteiger partial charge on any atom is 0.348 e. The molecule has 16 heavy (non-hydrogen) atoms. The number of alkyl halides is 1. The Bertz CT molecular complexity index is 460. The number of carbonyl (C=O) groups excluding carboxylic acids is 1. The second-order valence-corrected chi connectivity index (χ2v) is 3.55. The van der Waals surface area contributed by atoms with Crippen LogP contribution in [0.25, 0.3) is 6.08 Å². The molecule has 1 aromatic carbocycles. The molecule has 0 aliphatic carbocycles. The van der Waals surface area contributed by atoms with Gasteiger partial charge < -0.3 is 4.74 Å². The summed E-state index contributed by atoms with van der Waals surface area (Å²) in [6, 6.07) is 9.34. The summed E-state index contributed by atoms with van der Waals surface area (Å²) in [5.41, 5.74) is 1.84. The van der Waals surface area contributed by atoms with Crippen molar-refractivity contribution in [2.45, 2.75) is 5.33 Å². The number of carbonyl (C=O) groups is 1. The minimum Gasteiger partial charge on any atom is -0.465 e. The number of ether oxygens (including phenoxy) is 1. The summed E-state index contributed by atoms with van der Waals surface area (Å²) in [7, 11) is 1.25. The van der Waals surface area contributed by atoms with E-state index in [0.29, 0.717) is 5.33 Å². The Morgan fingerprint density at radius 2 is 2.25 bits per heavy atom. The lowest BCUT2D eigenvalue weighted by molar-refractivity contribution is -0.135. The Morgan fingerprint density at radius 1 is 1.56 bits per heavy atom. The van der Waals surface area contributed by atoms with E-state index in [9.17, 15) is 4.79 Å². The number of rotatable bonds is 3. The van der Waals surface area contributed by atoms with Crippen LogP contribution < -0.4 is 0 Å². The lowest BCUT2D eigenvalue weighted by atomic mass is 10.1. The fourth-order valence-corrected chi connectivity index (χ4v) is 1.71. The smallest absolute Gasteiger partial charge is 0.348 e. The van der Waals surface area contributed by atoms with E-state index in [1.54, 1.807) is 0 Å². The first-order chi connectivity index (χ1) is 7.72. The number of hydrogen-bond acceptors (Lipinski definition) is 3. The van der Waals surface area contributed by atoms with Crippen molar-refractivity contribution in [2.75, 3.05) is 7.11 Å². The van der Waals surface area contributed by atoms with E-state index < -0.39 is 5.97 Å². The molecule has 0 saturated heterocycles. The molecule has 0 aliphatic rings. The van der Waals surface area contributed by atoms with Crippen molar-refractivity contribution in [3.8, 4) is 6.07 Å². The summed E-state index contributed by atoms with van der Waals surface area (Å²) in [6.45, 7) is 0. The molecule has 0 bridgehead atoms. The van der Waals surface area contributed by atoms with Crippen molar-refractivity contribution in [1.82, 2.24) is 0 Å². The molecular weight excluding hydrogens is 270 g/mol. The molecule has 0 unspecified atom stereocenters. The Balaban J connectivity index is 3.14. The summed E-state index contributed by atoms with van der Waals surface area (Å²) in [5, 5.41) is 9.49. The monoisotopic (exact) mass is 279 g/mol. The third-order valence-corrected chi connectivity index (χ3v) is 2.63. The van der Waals surface area contributed by atoms with Gasteiger partial charge in [0.15, 0.2) is 0 Å². The van der Waals surface area contributed by atoms with Crippen LogP contribution in [0.1, 0.15) is 11.1 Å². The molecule has 1 aromatic rings. The molecule has 0 N–H and O–H groups in total. The summed E-state index contributed by atoms with van der Waals surface area (Å²) >= 11 is 3.35. The SMILES string of the molecule is COC(=O)/C(C#N)=C\c1ccccc1CBr. The van der Waals surface area contributed by atoms with Gasteiger partial charge in [-0.3, -0.25) is 0 Å². The van der Waals surface area contributed by atoms with Crippen molar-refractivity contribution in [3.63, 3.8) is 0 Å². The van der Waals surface area contributed by atoms with Gasteiger partial charge in [0.1, 0.15) is 11.6 Å². The standard InChI is InChI=1S/C12H10BrNO2/c1-16-12(15)11(8-14)6-9-4-2-3-5-10(9)7-13/h2-6H,7H2,1H3/b11-6-. The highest BCUT2D eigenvalue weighted by Gasteiger charge is 2.09. The fraction of sp³-hybridized carbons (Fsp3) is 0.167. The van der Waals surface area contributed by atoms with Crippen LogP contribution >= 0.6 is 15.9 Å². The topological polar surface area (TPSA) is 50.1 Å². The molecule has 0 aliphatic heterocycles. The molecule has 0 saturated carbocycles. The van der Waals surface area contributed by atoms with Gasteiger partial charge in [0.05, 0.1) is 7.11 Å². The second kappa shape index (κ2) is 6.09. The van der Waals surface area contributed by atoms with Crippen molar-refractivity contribution < 1.29 is 9.53 Å². The molecular formula is C12H10BrNO2. The summed E-state index contributed by atoms with van der Waals surface area (Å²) in [4.78, 5) is 11.2. The number of hydrogen-bond donors (Lipinski definition) is 0. The van der Waals surface area contributed by atoms with Crippen LogP contribution in [0.2, 0.25) is 0 Å². The van der Waals surface area contributed by atoms with Gasteiger partial charge in [-0.15, -0.1) is 0 Å². The van der Waals surface area contributed by atoms with Crippen LogP contribution in [0.5, 0.6) is 0 Å². The fourth-order valence-electron chi connectivity index (χ4n) is 1.20. The highest BCUT2D eigenvalue weighted by molar-refractivity contribution is 9.08. The zero-order chi connectivity index (χ0) is 12.0. The molecule has 82 valence electrons. The number of benzene rings is 1. The lowest BCUT2D eigenvalue weighted by Crippen LogP contribution is -2.02. The van der Waals surface area contributed by atoms with E-state index in [1.165, 1.54) is 13.2 Å². The highest BCUT2D eigenvalue weighted by atomic mass is 79.9. The first kappa shape index (κ1) is 12.5. The molecule has 0 radical (unpaired) electrons. The van der Waals surface area contributed by atoms with Gasteiger partial charge in [-0.1, -0.05) is 40.2 Å². The quantitative estimate of drug-likeness (QED) is 0.370. The Morgan fingerprint density at radius 3 is 2.81 bits per heavy atom. The molecule has 1 rings (SSSR count). The maximum atomic E-state index is 11.2. The molecule has 0 atom stereocenters. The van der Waals surface area contributed by atoms with Crippen molar-refractivity contribution >= 4 is 28.0 Å². The number of halogens is 1. The number of nitrogens with zero attached hydrogens (tertiary/aromatic N) is 1. The van der Waals surface area contributed by atoms with Crippen LogP contribution in [0.15, 0.2) is 29.8 Å². The van der Waals surface area contributed by atoms with Gasteiger partial charge in [-0.2, -0.15) is 5.26 Å². The molecule has 0 amide bonds. The summed E-state index contributed by atoms with van der Waals surface area (Å²) in [5.74, 6) is -0.619. The van der Waals surface area contributed by atoms with Crippen molar-refractivity contribution in [1.29, 1.82) is 5.26 Å². The van der Waals surface area contributed by atoms with Gasteiger partial charge in [0.2, 0.25) is 0 Å². The van der Waals surface area contributed by atoms with E-state index in [4.69, 9.17) is 5.26 Å². The average molecular weight is 280 g/mol. The molecule has 0 fully saturated rings. The first-order valence-corrected chi connectivity index (χ1v) is 5.69. The van der Waals surface area contributed by atoms with E-state index in [2.05, 4.69) is 20.7 Å². The summed E-state index contributed by atoms with van der Waals surface area (Å²) in [6.07, 6.45) is 1.53. The zero-order valence-electron chi connectivity index (χ0n) is 8.74. The predicted molar refractivity (Wildman–Crippen MR) is 64.7 cm³/mol. The van der Waals surface area contributed by atoms with E-state index >= 15 is 0 Å². The minimum atomic E-state index is -0.619. The minimum absolute atomic E-state index is 0.00380. The lowest BCUT2D eigenvalue weighted by Gasteiger charge is -2.02. The van der Waals surface area contributed by atoms with Gasteiger partial charge >= 0.3 is 5.97 Å². The molecule has 3 nitrogen and oxygen atoms in total. The van der Waals surface area contributed by atoms with Crippen LogP contribution in [-0.4, -0.2) is 13.1 Å². The first-order valence-electron chi connectivity index (χ1n) is 4.57. The second-order valence-electron chi connectivity index (χ2n) is 2.99. The number of nitriles is 1. The Labute approximate surface area is 102 Å². The largest absolute Gasteiger partial charge is 0.465 e. The van der Waals surface area contributed by atoms with Crippen molar-refractivity contribution in [3.05, 3.63) is 41.0 Å². The highest BCUT2D eigenvalue weighted by Crippen LogP contribution is 2.16. The van der Waals surface area contributed by atoms with Crippen LogP contribution in [0.3, 0.4) is 0 Å². The molecule has 0 spiro atoms. The average Bonchev–Trinajstić information content (AvgIpc) is 2.35. The normalized spacial score (nSPS) is 10.7. The van der Waals surface area contributed by atoms with Gasteiger partial charge in [-0.25, -0.2) is 4.79 Å². The Kier molecular flexibility index (Phi) is 4.74. The predicted octanol–water partition coefficient (Wildman–Crippen LogP) is 2.66. The summed E-state index contributed by atoms with van der Waals surface area (Å²) < 4.78 is 4.51.